The van der Waals surface area contributed by atoms with E-state index in [9.17, 15) is 13.5 Å². The molecule has 152 valence electrons. The van der Waals surface area contributed by atoms with Gasteiger partial charge in [0.1, 0.15) is 4.75 Å². The Labute approximate surface area is 176 Å². The third-order valence-electron chi connectivity index (χ3n) is 5.37. The summed E-state index contributed by atoms with van der Waals surface area (Å²) in [6.07, 6.45) is -0.676. The van der Waals surface area contributed by atoms with E-state index >= 15 is 0 Å². The number of rotatable bonds is 6. The van der Waals surface area contributed by atoms with Crippen LogP contribution in [-0.2, 0) is 16.6 Å². The predicted molar refractivity (Wildman–Crippen MR) is 115 cm³/mol. The lowest BCUT2D eigenvalue weighted by Gasteiger charge is -2.34. The zero-order chi connectivity index (χ0) is 20.5. The number of para-hydroxylation sites is 1. The molecular formula is C20H24Cl2N2O3S. The zero-order valence-electron chi connectivity index (χ0n) is 15.8. The number of hydrogen-bond donors (Lipinski definition) is 1. The van der Waals surface area contributed by atoms with Gasteiger partial charge in [-0.3, -0.25) is 4.31 Å². The molecular weight excluding hydrogens is 419 g/mol. The van der Waals surface area contributed by atoms with Crippen LogP contribution in [-0.4, -0.2) is 49.4 Å². The van der Waals surface area contributed by atoms with Gasteiger partial charge in [0.2, 0.25) is 10.0 Å². The highest BCUT2D eigenvalue weighted by Gasteiger charge is 2.58. The topological polar surface area (TPSA) is 60.9 Å². The Morgan fingerprint density at radius 1 is 1.18 bits per heavy atom. The fraction of sp³-hybridized carbons (Fsp3) is 0.400. The summed E-state index contributed by atoms with van der Waals surface area (Å²) in [7, 11) is -1.91. The molecule has 28 heavy (non-hydrogen) atoms. The van der Waals surface area contributed by atoms with Gasteiger partial charge in [0.05, 0.1) is 28.4 Å². The smallest absolute Gasteiger partial charge is 0.244 e. The lowest BCUT2D eigenvalue weighted by Crippen LogP contribution is -2.52. The maximum absolute atomic E-state index is 13.4. The second-order valence-electron chi connectivity index (χ2n) is 7.23. The van der Waals surface area contributed by atoms with Crippen molar-refractivity contribution < 1.29 is 13.5 Å². The monoisotopic (exact) mass is 442 g/mol. The van der Waals surface area contributed by atoms with E-state index in [-0.39, 0.29) is 13.1 Å². The van der Waals surface area contributed by atoms with Crippen molar-refractivity contribution >= 4 is 38.9 Å². The maximum Gasteiger partial charge on any atom is 0.244 e. The molecule has 0 unspecified atom stereocenters. The molecule has 0 radical (unpaired) electrons. The number of nitrogens with zero attached hydrogens (tertiary/aromatic N) is 2. The maximum atomic E-state index is 13.4. The number of aliphatic hydroxyl groups is 1. The molecule has 1 heterocycles. The number of halogens is 2. The Hall–Kier alpha value is -1.31. The number of aliphatic hydroxyl groups excluding tert-OH is 1. The molecule has 0 spiro atoms. The van der Waals surface area contributed by atoms with Crippen molar-refractivity contribution in [2.75, 3.05) is 24.4 Å². The van der Waals surface area contributed by atoms with Crippen LogP contribution in [0.4, 0.5) is 5.69 Å². The molecule has 2 atom stereocenters. The van der Waals surface area contributed by atoms with Crippen LogP contribution in [0.2, 0.25) is 10.0 Å². The number of sulfonamides is 1. The molecule has 5 nitrogen and oxygen atoms in total. The van der Waals surface area contributed by atoms with Gasteiger partial charge in [-0.2, -0.15) is 0 Å². The molecule has 0 saturated carbocycles. The van der Waals surface area contributed by atoms with Crippen molar-refractivity contribution in [1.82, 2.24) is 4.90 Å². The van der Waals surface area contributed by atoms with E-state index in [0.29, 0.717) is 28.7 Å². The molecule has 2 aromatic rings. The fourth-order valence-electron chi connectivity index (χ4n) is 3.83. The van der Waals surface area contributed by atoms with Gasteiger partial charge in [0, 0.05) is 13.1 Å². The second kappa shape index (κ2) is 8.20. The Morgan fingerprint density at radius 3 is 2.46 bits per heavy atom. The standard InChI is InChI=1S/C20H24Cl2N2O3S/c1-3-20(14-23(2)12-15-9-10-17(21)18(22)11-15)19(25)13-24(28(20,26)27)16-7-5-4-6-8-16/h4-11,19,25H,3,12-14H2,1-2H3/t19-,20+/m0/s1. The van der Waals surface area contributed by atoms with Crippen LogP contribution < -0.4 is 4.31 Å². The molecule has 1 N–H and O–H groups in total. The van der Waals surface area contributed by atoms with Crippen LogP contribution in [0, 0.1) is 0 Å². The Balaban J connectivity index is 1.86. The van der Waals surface area contributed by atoms with E-state index in [4.69, 9.17) is 23.2 Å². The van der Waals surface area contributed by atoms with Crippen LogP contribution in [0.25, 0.3) is 0 Å². The van der Waals surface area contributed by atoms with E-state index in [2.05, 4.69) is 0 Å². The van der Waals surface area contributed by atoms with Crippen LogP contribution >= 0.6 is 23.2 Å². The highest BCUT2D eigenvalue weighted by atomic mass is 35.5. The van der Waals surface area contributed by atoms with Crippen molar-refractivity contribution in [3.8, 4) is 0 Å². The summed E-state index contributed by atoms with van der Waals surface area (Å²) in [6, 6.07) is 14.3. The predicted octanol–water partition coefficient (Wildman–Crippen LogP) is 3.78. The number of hydrogen-bond acceptors (Lipinski definition) is 4. The SMILES string of the molecule is CC[C@@]1(CN(C)Cc2ccc(Cl)c(Cl)c2)[C@@H](O)CN(c2ccccc2)S1(=O)=O. The Morgan fingerprint density at radius 2 is 1.86 bits per heavy atom. The summed E-state index contributed by atoms with van der Waals surface area (Å²) in [5.74, 6) is 0. The summed E-state index contributed by atoms with van der Waals surface area (Å²) in [6.45, 7) is 2.56. The molecule has 2 aromatic carbocycles. The average Bonchev–Trinajstić information content (AvgIpc) is 2.86. The lowest BCUT2D eigenvalue weighted by atomic mass is 9.97. The van der Waals surface area contributed by atoms with E-state index in [1.807, 2.05) is 31.0 Å². The van der Waals surface area contributed by atoms with Crippen molar-refractivity contribution in [2.45, 2.75) is 30.7 Å². The van der Waals surface area contributed by atoms with E-state index < -0.39 is 20.9 Å². The van der Waals surface area contributed by atoms with Crippen LogP contribution in [0.15, 0.2) is 48.5 Å². The molecule has 0 bridgehead atoms. The van der Waals surface area contributed by atoms with Crippen LogP contribution in [0.1, 0.15) is 18.9 Å². The molecule has 1 fully saturated rings. The molecule has 1 aliphatic rings. The third kappa shape index (κ3) is 3.76. The summed E-state index contributed by atoms with van der Waals surface area (Å²) in [4.78, 5) is 1.90. The van der Waals surface area contributed by atoms with Crippen molar-refractivity contribution in [2.24, 2.45) is 0 Å². The summed E-state index contributed by atoms with van der Waals surface area (Å²) in [5.41, 5.74) is 1.50. The molecule has 1 saturated heterocycles. The van der Waals surface area contributed by atoms with Crippen molar-refractivity contribution in [3.63, 3.8) is 0 Å². The largest absolute Gasteiger partial charge is 0.389 e. The van der Waals surface area contributed by atoms with Gasteiger partial charge in [-0.1, -0.05) is 54.4 Å². The van der Waals surface area contributed by atoms with Gasteiger partial charge in [-0.15, -0.1) is 0 Å². The van der Waals surface area contributed by atoms with E-state index in [1.54, 1.807) is 36.4 Å². The van der Waals surface area contributed by atoms with E-state index in [0.717, 1.165) is 5.56 Å². The molecule has 0 amide bonds. The Kier molecular flexibility index (Phi) is 6.27. The number of β-amino-alcohol motifs (C(OH)–C–C–N with tert-alkyl or cyclic N) is 1. The number of anilines is 1. The molecule has 0 aromatic heterocycles. The number of benzene rings is 2. The Bertz CT molecular complexity index is 940. The normalized spacial score (nSPS) is 24.1. The summed E-state index contributed by atoms with van der Waals surface area (Å²) in [5, 5.41) is 11.8. The molecule has 3 rings (SSSR count). The van der Waals surface area contributed by atoms with Gasteiger partial charge in [0.25, 0.3) is 0 Å². The van der Waals surface area contributed by atoms with E-state index in [1.165, 1.54) is 4.31 Å². The second-order valence-corrected chi connectivity index (χ2v) is 10.2. The minimum Gasteiger partial charge on any atom is -0.389 e. The third-order valence-corrected chi connectivity index (χ3v) is 8.76. The zero-order valence-corrected chi connectivity index (χ0v) is 18.2. The molecule has 8 heteroatoms. The van der Waals surface area contributed by atoms with Crippen LogP contribution in [0.5, 0.6) is 0 Å². The van der Waals surface area contributed by atoms with Crippen LogP contribution in [0.3, 0.4) is 0 Å². The molecule has 1 aliphatic heterocycles. The minimum atomic E-state index is -3.75. The lowest BCUT2D eigenvalue weighted by molar-refractivity contribution is 0.115. The van der Waals surface area contributed by atoms with Gasteiger partial charge in [0.15, 0.2) is 0 Å². The van der Waals surface area contributed by atoms with Gasteiger partial charge in [-0.05, 0) is 43.3 Å². The highest BCUT2D eigenvalue weighted by Crippen LogP contribution is 2.40. The first-order valence-electron chi connectivity index (χ1n) is 9.09. The fourth-order valence-corrected chi connectivity index (χ4v) is 6.49. The average molecular weight is 443 g/mol. The first kappa shape index (κ1) is 21.4. The first-order valence-corrected chi connectivity index (χ1v) is 11.3. The highest BCUT2D eigenvalue weighted by molar-refractivity contribution is 7.94. The van der Waals surface area contributed by atoms with Gasteiger partial charge < -0.3 is 10.0 Å². The van der Waals surface area contributed by atoms with Crippen molar-refractivity contribution in [3.05, 3.63) is 64.1 Å². The summed E-state index contributed by atoms with van der Waals surface area (Å²) >= 11 is 12.1. The molecule has 0 aliphatic carbocycles. The van der Waals surface area contributed by atoms with Crippen molar-refractivity contribution in [1.29, 1.82) is 0 Å². The quantitative estimate of drug-likeness (QED) is 0.738. The van der Waals surface area contributed by atoms with Gasteiger partial charge in [-0.25, -0.2) is 8.42 Å². The summed E-state index contributed by atoms with van der Waals surface area (Å²) < 4.78 is 26.9. The van der Waals surface area contributed by atoms with Gasteiger partial charge >= 0.3 is 0 Å². The minimum absolute atomic E-state index is 0.0563. The first-order chi connectivity index (χ1) is 13.2.